The lowest BCUT2D eigenvalue weighted by molar-refractivity contribution is 0.0697. The van der Waals surface area contributed by atoms with Gasteiger partial charge in [-0.15, -0.1) is 0 Å². The number of carbonyl (C=O) groups is 1. The molecule has 5 nitrogen and oxygen atoms in total. The van der Waals surface area contributed by atoms with E-state index in [1.165, 1.54) is 6.20 Å². The van der Waals surface area contributed by atoms with Crippen LogP contribution < -0.4 is 0 Å². The van der Waals surface area contributed by atoms with Crippen molar-refractivity contribution in [2.45, 2.75) is 6.92 Å². The second kappa shape index (κ2) is 3.06. The predicted molar refractivity (Wildman–Crippen MR) is 51.2 cm³/mol. The average molecular weight is 257 g/mol. The van der Waals surface area contributed by atoms with Gasteiger partial charge in [-0.25, -0.2) is 9.78 Å². The average Bonchev–Trinajstić information content (AvgIpc) is 2.49. The number of hydrogen-bond acceptors (Lipinski definition) is 4. The number of aromatic carboxylic acids is 1. The maximum atomic E-state index is 10.8. The minimum absolute atomic E-state index is 0.0174. The quantitative estimate of drug-likeness (QED) is 0.790. The van der Waals surface area contributed by atoms with Gasteiger partial charge >= 0.3 is 5.97 Å². The first-order valence-electron chi connectivity index (χ1n) is 3.75. The molecule has 2 rings (SSSR count). The molecule has 2 heterocycles. The van der Waals surface area contributed by atoms with E-state index in [9.17, 15) is 4.79 Å². The van der Waals surface area contributed by atoms with E-state index in [1.54, 1.807) is 6.92 Å². The molecule has 0 fully saturated rings. The second-order valence-corrected chi connectivity index (χ2v) is 3.49. The first-order valence-corrected chi connectivity index (χ1v) is 4.54. The minimum atomic E-state index is -1.08. The number of rotatable bonds is 1. The van der Waals surface area contributed by atoms with Crippen molar-refractivity contribution in [2.75, 3.05) is 0 Å². The van der Waals surface area contributed by atoms with Crippen molar-refractivity contribution in [1.82, 2.24) is 10.1 Å². The Morgan fingerprint density at radius 3 is 3.00 bits per heavy atom. The highest BCUT2D eigenvalue weighted by Gasteiger charge is 2.17. The van der Waals surface area contributed by atoms with Crippen molar-refractivity contribution in [2.24, 2.45) is 0 Å². The Balaban J connectivity index is 2.90. The van der Waals surface area contributed by atoms with E-state index < -0.39 is 5.97 Å². The zero-order valence-electron chi connectivity index (χ0n) is 7.11. The van der Waals surface area contributed by atoms with Crippen LogP contribution >= 0.6 is 15.9 Å². The van der Waals surface area contributed by atoms with Gasteiger partial charge in [0.15, 0.2) is 5.58 Å². The molecule has 0 saturated carbocycles. The molecule has 0 radical (unpaired) electrons. The van der Waals surface area contributed by atoms with Gasteiger partial charge in [-0.2, -0.15) is 0 Å². The maximum absolute atomic E-state index is 10.8. The Labute approximate surface area is 86.9 Å². The number of carboxylic acid groups (broad SMARTS) is 1. The molecule has 0 aliphatic rings. The van der Waals surface area contributed by atoms with Crippen LogP contribution in [0.15, 0.2) is 15.3 Å². The van der Waals surface area contributed by atoms with Crippen LogP contribution in [0.5, 0.6) is 0 Å². The molecule has 0 aromatic carbocycles. The summed E-state index contributed by atoms with van der Waals surface area (Å²) in [7, 11) is 0. The van der Waals surface area contributed by atoms with E-state index in [4.69, 9.17) is 9.63 Å². The standard InChI is InChI=1S/C8H5BrN2O3/c1-3-5-6(14-11-3)4(8(12)13)2-10-7(5)9/h2H,1H3,(H,12,13). The zero-order valence-corrected chi connectivity index (χ0v) is 8.70. The Morgan fingerprint density at radius 2 is 2.36 bits per heavy atom. The smallest absolute Gasteiger partial charge is 0.341 e. The van der Waals surface area contributed by atoms with Gasteiger partial charge in [0.05, 0.1) is 11.1 Å². The molecule has 0 atom stereocenters. The predicted octanol–water partition coefficient (Wildman–Crippen LogP) is 1.99. The van der Waals surface area contributed by atoms with Gasteiger partial charge in [0.2, 0.25) is 0 Å². The lowest BCUT2D eigenvalue weighted by Crippen LogP contribution is -1.98. The highest BCUT2D eigenvalue weighted by Crippen LogP contribution is 2.27. The number of pyridine rings is 1. The van der Waals surface area contributed by atoms with Crippen molar-refractivity contribution in [3.8, 4) is 0 Å². The first kappa shape index (κ1) is 9.14. The largest absolute Gasteiger partial charge is 0.477 e. The van der Waals surface area contributed by atoms with E-state index >= 15 is 0 Å². The molecular formula is C8H5BrN2O3. The Kier molecular flexibility index (Phi) is 1.99. The molecule has 0 spiro atoms. The van der Waals surface area contributed by atoms with Gasteiger partial charge in [0, 0.05) is 6.20 Å². The van der Waals surface area contributed by atoms with Crippen LogP contribution in [0.2, 0.25) is 0 Å². The highest BCUT2D eigenvalue weighted by molar-refractivity contribution is 9.10. The van der Waals surface area contributed by atoms with E-state index in [-0.39, 0.29) is 11.1 Å². The van der Waals surface area contributed by atoms with Crippen molar-refractivity contribution >= 4 is 32.9 Å². The van der Waals surface area contributed by atoms with Crippen LogP contribution in [0, 0.1) is 6.92 Å². The van der Waals surface area contributed by atoms with Crippen LogP contribution in [0.3, 0.4) is 0 Å². The number of aromatic nitrogens is 2. The maximum Gasteiger partial charge on any atom is 0.341 e. The molecule has 2 aromatic rings. The molecule has 0 amide bonds. The van der Waals surface area contributed by atoms with E-state index in [0.717, 1.165) is 0 Å². The fourth-order valence-corrected chi connectivity index (χ4v) is 1.76. The minimum Gasteiger partial charge on any atom is -0.477 e. The monoisotopic (exact) mass is 256 g/mol. The summed E-state index contributed by atoms with van der Waals surface area (Å²) in [6, 6.07) is 0. The molecule has 0 unspecified atom stereocenters. The fraction of sp³-hybridized carbons (Fsp3) is 0.125. The summed E-state index contributed by atoms with van der Waals surface area (Å²) in [4.78, 5) is 14.7. The summed E-state index contributed by atoms with van der Waals surface area (Å²) in [5.41, 5.74) is 0.878. The van der Waals surface area contributed by atoms with Gasteiger partial charge in [0.25, 0.3) is 0 Å². The molecule has 2 aromatic heterocycles. The van der Waals surface area contributed by atoms with Gasteiger partial charge < -0.3 is 9.63 Å². The number of carboxylic acids is 1. The molecule has 0 aliphatic carbocycles. The number of aryl methyl sites for hydroxylation is 1. The summed E-state index contributed by atoms with van der Waals surface area (Å²) in [6.07, 6.45) is 1.24. The Morgan fingerprint density at radius 1 is 1.64 bits per heavy atom. The SMILES string of the molecule is Cc1noc2c(C(=O)O)cnc(Br)c12. The molecule has 1 N–H and O–H groups in total. The summed E-state index contributed by atoms with van der Waals surface area (Å²) in [6.45, 7) is 1.73. The van der Waals surface area contributed by atoms with Crippen LogP contribution in [-0.4, -0.2) is 21.2 Å². The van der Waals surface area contributed by atoms with Crippen LogP contribution in [0.4, 0.5) is 0 Å². The molecule has 72 valence electrons. The van der Waals surface area contributed by atoms with Gasteiger partial charge in [-0.05, 0) is 22.9 Å². The number of nitrogens with zero attached hydrogens (tertiary/aromatic N) is 2. The lowest BCUT2D eigenvalue weighted by Gasteiger charge is -1.95. The fourth-order valence-electron chi connectivity index (χ4n) is 1.19. The number of halogens is 1. The lowest BCUT2D eigenvalue weighted by atomic mass is 10.2. The van der Waals surface area contributed by atoms with Crippen molar-refractivity contribution in [3.63, 3.8) is 0 Å². The van der Waals surface area contributed by atoms with E-state index in [0.29, 0.717) is 15.7 Å². The number of hydrogen-bond donors (Lipinski definition) is 1. The summed E-state index contributed by atoms with van der Waals surface area (Å²) < 4.78 is 5.46. The van der Waals surface area contributed by atoms with E-state index in [1.807, 2.05) is 0 Å². The zero-order chi connectivity index (χ0) is 10.3. The van der Waals surface area contributed by atoms with Gasteiger partial charge in [-0.3, -0.25) is 0 Å². The molecular weight excluding hydrogens is 252 g/mol. The summed E-state index contributed by atoms with van der Waals surface area (Å²) in [5, 5.41) is 13.1. The third-order valence-electron chi connectivity index (χ3n) is 1.85. The normalized spacial score (nSPS) is 10.7. The van der Waals surface area contributed by atoms with E-state index in [2.05, 4.69) is 26.1 Å². The van der Waals surface area contributed by atoms with Crippen molar-refractivity contribution in [3.05, 3.63) is 22.1 Å². The van der Waals surface area contributed by atoms with Crippen LogP contribution in [-0.2, 0) is 0 Å². The molecule has 0 saturated heterocycles. The van der Waals surface area contributed by atoms with Crippen LogP contribution in [0.25, 0.3) is 11.0 Å². The Hall–Kier alpha value is -1.43. The summed E-state index contributed by atoms with van der Waals surface area (Å²) >= 11 is 3.21. The Bertz CT molecular complexity index is 521. The highest BCUT2D eigenvalue weighted by atomic mass is 79.9. The molecule has 6 heteroatoms. The van der Waals surface area contributed by atoms with Crippen molar-refractivity contribution in [1.29, 1.82) is 0 Å². The van der Waals surface area contributed by atoms with Crippen molar-refractivity contribution < 1.29 is 14.4 Å². The van der Waals surface area contributed by atoms with Gasteiger partial charge in [-0.1, -0.05) is 5.16 Å². The molecule has 0 aliphatic heterocycles. The third-order valence-corrected chi connectivity index (χ3v) is 2.45. The first-order chi connectivity index (χ1) is 6.61. The summed E-state index contributed by atoms with van der Waals surface area (Å²) in [5.74, 6) is -1.08. The third kappa shape index (κ3) is 1.19. The second-order valence-electron chi connectivity index (χ2n) is 2.74. The number of fused-ring (bicyclic) bond motifs is 1. The van der Waals surface area contributed by atoms with Gasteiger partial charge in [0.1, 0.15) is 10.2 Å². The topological polar surface area (TPSA) is 76.2 Å². The molecule has 14 heavy (non-hydrogen) atoms. The van der Waals surface area contributed by atoms with Crippen LogP contribution in [0.1, 0.15) is 16.1 Å². The molecule has 0 bridgehead atoms.